The van der Waals surface area contributed by atoms with Crippen molar-refractivity contribution in [2.75, 3.05) is 0 Å². The Kier molecular flexibility index (Phi) is 13.9. The molecular weight excluding hydrogens is 194 g/mol. The van der Waals surface area contributed by atoms with Crippen molar-refractivity contribution in [1.29, 1.82) is 0 Å². The molecule has 0 saturated heterocycles. The lowest BCUT2D eigenvalue weighted by Crippen LogP contribution is -1.90. The van der Waals surface area contributed by atoms with E-state index in [1.54, 1.807) is 0 Å². The minimum atomic E-state index is 0. The first kappa shape index (κ1) is 15.8. The Morgan fingerprint density at radius 3 is 2.57 bits per heavy atom. The Morgan fingerprint density at radius 2 is 2.00 bits per heavy atom. The summed E-state index contributed by atoms with van der Waals surface area (Å²) in [6.07, 6.45) is 15.0. The number of allylic oxidation sites excluding steroid dienone is 5. The van der Waals surface area contributed by atoms with E-state index in [-0.39, 0.29) is 12.4 Å². The maximum Gasteiger partial charge on any atom is 0.0310 e. The van der Waals surface area contributed by atoms with E-state index in [0.717, 1.165) is 12.1 Å². The van der Waals surface area contributed by atoms with Gasteiger partial charge in [0.25, 0.3) is 0 Å². The molecule has 0 saturated carbocycles. The molecule has 0 aromatic rings. The third kappa shape index (κ3) is 11.3. The highest BCUT2D eigenvalue weighted by molar-refractivity contribution is 5.85. The first-order chi connectivity index (χ1) is 6.31. The van der Waals surface area contributed by atoms with Crippen molar-refractivity contribution in [2.45, 2.75) is 39.5 Å². The second-order valence-electron chi connectivity index (χ2n) is 3.09. The van der Waals surface area contributed by atoms with Crippen LogP contribution in [0.25, 0.3) is 0 Å². The Balaban J connectivity index is 0. The van der Waals surface area contributed by atoms with Crippen LogP contribution >= 0.6 is 12.4 Å². The van der Waals surface area contributed by atoms with Gasteiger partial charge < -0.3 is 5.73 Å². The monoisotopic (exact) mass is 215 g/mol. The lowest BCUT2D eigenvalue weighted by Gasteiger charge is -1.91. The molecule has 82 valence electrons. The van der Waals surface area contributed by atoms with Crippen LogP contribution in [0.4, 0.5) is 0 Å². The van der Waals surface area contributed by atoms with E-state index >= 15 is 0 Å². The van der Waals surface area contributed by atoms with Crippen LogP contribution in [0.15, 0.2) is 36.1 Å². The number of hydrogen-bond donors (Lipinski definition) is 1. The Hall–Kier alpha value is -0.690. The summed E-state index contributed by atoms with van der Waals surface area (Å²) in [5.74, 6) is 0. The number of nitrogens with two attached hydrogens (primary N) is 1. The van der Waals surface area contributed by atoms with Gasteiger partial charge in [0.2, 0.25) is 0 Å². The molecule has 0 bridgehead atoms. The molecule has 0 unspecified atom stereocenters. The molecule has 0 radical (unpaired) electrons. The minimum absolute atomic E-state index is 0. The molecule has 0 amide bonds. The van der Waals surface area contributed by atoms with Crippen molar-refractivity contribution in [1.82, 2.24) is 0 Å². The van der Waals surface area contributed by atoms with Gasteiger partial charge in [0.05, 0.1) is 0 Å². The largest absolute Gasteiger partial charge is 0.399 e. The van der Waals surface area contributed by atoms with Crippen LogP contribution in [-0.2, 0) is 0 Å². The van der Waals surface area contributed by atoms with Gasteiger partial charge in [-0.25, -0.2) is 0 Å². The highest BCUT2D eigenvalue weighted by Gasteiger charge is 1.80. The highest BCUT2D eigenvalue weighted by atomic mass is 35.5. The van der Waals surface area contributed by atoms with Crippen LogP contribution in [0.2, 0.25) is 0 Å². The number of halogens is 1. The third-order valence-corrected chi connectivity index (χ3v) is 1.76. The van der Waals surface area contributed by atoms with Crippen molar-refractivity contribution in [3.63, 3.8) is 0 Å². The molecule has 2 N–H and O–H groups in total. The molecule has 0 fully saturated rings. The molecule has 2 heteroatoms. The van der Waals surface area contributed by atoms with Crippen molar-refractivity contribution < 1.29 is 0 Å². The Morgan fingerprint density at radius 1 is 1.29 bits per heavy atom. The zero-order chi connectivity index (χ0) is 9.94. The maximum atomic E-state index is 5.65. The molecule has 0 atom stereocenters. The minimum Gasteiger partial charge on any atom is -0.399 e. The topological polar surface area (TPSA) is 26.0 Å². The summed E-state index contributed by atoms with van der Waals surface area (Å²) in [4.78, 5) is 0. The molecule has 0 aliphatic rings. The second kappa shape index (κ2) is 12.3. The maximum absolute atomic E-state index is 5.65. The SMILES string of the molecule is CC=CC(N)=CC=CCCCCC.Cl. The summed E-state index contributed by atoms with van der Waals surface area (Å²) < 4.78 is 0. The van der Waals surface area contributed by atoms with Crippen LogP contribution in [0.3, 0.4) is 0 Å². The van der Waals surface area contributed by atoms with Gasteiger partial charge in [-0.3, -0.25) is 0 Å². The van der Waals surface area contributed by atoms with Gasteiger partial charge in [0.1, 0.15) is 0 Å². The lowest BCUT2D eigenvalue weighted by molar-refractivity contribution is 0.729. The van der Waals surface area contributed by atoms with Crippen molar-refractivity contribution >= 4 is 12.4 Å². The molecule has 0 heterocycles. The van der Waals surface area contributed by atoms with Crippen LogP contribution in [0.5, 0.6) is 0 Å². The molecule has 0 spiro atoms. The van der Waals surface area contributed by atoms with Crippen molar-refractivity contribution in [2.24, 2.45) is 5.73 Å². The summed E-state index contributed by atoms with van der Waals surface area (Å²) in [5.41, 5.74) is 6.46. The summed E-state index contributed by atoms with van der Waals surface area (Å²) in [5, 5.41) is 0. The highest BCUT2D eigenvalue weighted by Crippen LogP contribution is 1.99. The number of rotatable bonds is 6. The lowest BCUT2D eigenvalue weighted by atomic mass is 10.2. The average Bonchev–Trinajstić information content (AvgIpc) is 2.11. The quantitative estimate of drug-likeness (QED) is 0.527. The van der Waals surface area contributed by atoms with Gasteiger partial charge in [-0.2, -0.15) is 0 Å². The van der Waals surface area contributed by atoms with E-state index in [1.165, 1.54) is 19.3 Å². The third-order valence-electron chi connectivity index (χ3n) is 1.76. The first-order valence-corrected chi connectivity index (χ1v) is 5.06. The summed E-state index contributed by atoms with van der Waals surface area (Å²) in [6, 6.07) is 0. The van der Waals surface area contributed by atoms with E-state index < -0.39 is 0 Å². The van der Waals surface area contributed by atoms with Gasteiger partial charge in [-0.15, -0.1) is 12.4 Å². The van der Waals surface area contributed by atoms with E-state index in [2.05, 4.69) is 13.0 Å². The predicted molar refractivity (Wildman–Crippen MR) is 67.6 cm³/mol. The van der Waals surface area contributed by atoms with Crippen molar-refractivity contribution in [3.05, 3.63) is 36.1 Å². The first-order valence-electron chi connectivity index (χ1n) is 5.06. The zero-order valence-electron chi connectivity index (χ0n) is 9.20. The van der Waals surface area contributed by atoms with Gasteiger partial charge in [0, 0.05) is 5.70 Å². The molecule has 0 rings (SSSR count). The predicted octanol–water partition coefficient (Wildman–Crippen LogP) is 3.96. The number of hydrogen-bond acceptors (Lipinski definition) is 1. The molecule has 14 heavy (non-hydrogen) atoms. The molecule has 0 aromatic heterocycles. The second-order valence-corrected chi connectivity index (χ2v) is 3.09. The Labute approximate surface area is 94.2 Å². The molecule has 1 nitrogen and oxygen atoms in total. The van der Waals surface area contributed by atoms with Gasteiger partial charge in [0.15, 0.2) is 0 Å². The van der Waals surface area contributed by atoms with E-state index in [1.807, 2.05) is 31.2 Å². The van der Waals surface area contributed by atoms with E-state index in [0.29, 0.717) is 0 Å². The Bertz CT molecular complexity index is 192. The van der Waals surface area contributed by atoms with Gasteiger partial charge in [-0.1, -0.05) is 38.0 Å². The molecular formula is C12H22ClN. The number of unbranched alkanes of at least 4 members (excludes halogenated alkanes) is 3. The van der Waals surface area contributed by atoms with Crippen LogP contribution in [-0.4, -0.2) is 0 Å². The van der Waals surface area contributed by atoms with E-state index in [4.69, 9.17) is 5.73 Å². The zero-order valence-corrected chi connectivity index (χ0v) is 10.0. The van der Waals surface area contributed by atoms with Gasteiger partial charge in [-0.05, 0) is 31.9 Å². The van der Waals surface area contributed by atoms with Crippen LogP contribution in [0.1, 0.15) is 39.5 Å². The average molecular weight is 216 g/mol. The van der Waals surface area contributed by atoms with E-state index in [9.17, 15) is 0 Å². The fraction of sp³-hybridized carbons (Fsp3) is 0.500. The molecule has 0 aliphatic heterocycles. The summed E-state index contributed by atoms with van der Waals surface area (Å²) in [7, 11) is 0. The molecule has 0 aliphatic carbocycles. The normalized spacial score (nSPS) is 12.3. The smallest absolute Gasteiger partial charge is 0.0310 e. The fourth-order valence-electron chi connectivity index (χ4n) is 1.04. The van der Waals surface area contributed by atoms with Crippen molar-refractivity contribution in [3.8, 4) is 0 Å². The summed E-state index contributed by atoms with van der Waals surface area (Å²) >= 11 is 0. The fourth-order valence-corrected chi connectivity index (χ4v) is 1.04. The van der Waals surface area contributed by atoms with Crippen LogP contribution < -0.4 is 5.73 Å². The standard InChI is InChI=1S/C12H21N.ClH/c1-3-5-6-7-8-9-11-12(13)10-4-2;/h4,8-11H,3,5-7,13H2,1-2H3;1H. The molecule has 0 aromatic carbocycles. The van der Waals surface area contributed by atoms with Crippen LogP contribution in [0, 0.1) is 0 Å². The summed E-state index contributed by atoms with van der Waals surface area (Å²) in [6.45, 7) is 4.18. The van der Waals surface area contributed by atoms with Gasteiger partial charge >= 0.3 is 0 Å².